The lowest BCUT2D eigenvalue weighted by atomic mass is 10.1. The number of rotatable bonds is 3. The first-order valence-electron chi connectivity index (χ1n) is 9.40. The van der Waals surface area contributed by atoms with Crippen molar-refractivity contribution in [1.29, 1.82) is 0 Å². The number of amides is 3. The van der Waals surface area contributed by atoms with Crippen LogP contribution in [0.25, 0.3) is 10.9 Å². The first-order valence-corrected chi connectivity index (χ1v) is 9.40. The maximum absolute atomic E-state index is 12.7. The molecule has 1 aromatic carbocycles. The molecule has 3 aromatic rings. The Kier molecular flexibility index (Phi) is 4.77. The molecule has 0 spiro atoms. The van der Waals surface area contributed by atoms with Crippen molar-refractivity contribution in [2.75, 3.05) is 31.5 Å². The fourth-order valence-electron chi connectivity index (χ4n) is 3.63. The number of benzene rings is 1. The van der Waals surface area contributed by atoms with E-state index in [4.69, 9.17) is 0 Å². The lowest BCUT2D eigenvalue weighted by molar-refractivity contribution is -0.131. The van der Waals surface area contributed by atoms with Crippen LogP contribution < -0.4 is 5.32 Å². The molecule has 0 aliphatic carbocycles. The van der Waals surface area contributed by atoms with Crippen molar-refractivity contribution in [2.24, 2.45) is 7.05 Å². The molecule has 8 heteroatoms. The monoisotopic (exact) mass is 380 g/mol. The van der Waals surface area contributed by atoms with Gasteiger partial charge in [-0.2, -0.15) is 5.10 Å². The second kappa shape index (κ2) is 7.38. The summed E-state index contributed by atoms with van der Waals surface area (Å²) in [5.41, 5.74) is 2.90. The van der Waals surface area contributed by atoms with E-state index in [1.165, 1.54) is 0 Å². The Hall–Kier alpha value is -3.29. The minimum absolute atomic E-state index is 0.0899. The van der Waals surface area contributed by atoms with Gasteiger partial charge in [-0.25, -0.2) is 4.79 Å². The van der Waals surface area contributed by atoms with Gasteiger partial charge in [-0.05, 0) is 18.6 Å². The van der Waals surface area contributed by atoms with Crippen molar-refractivity contribution in [3.05, 3.63) is 47.8 Å². The molecule has 0 unspecified atom stereocenters. The molecule has 1 aliphatic heterocycles. The lowest BCUT2D eigenvalue weighted by Gasteiger charge is -2.34. The number of anilines is 1. The van der Waals surface area contributed by atoms with Crippen LogP contribution in [-0.2, 0) is 18.3 Å². The third kappa shape index (κ3) is 3.58. The van der Waals surface area contributed by atoms with Gasteiger partial charge < -0.3 is 14.8 Å². The van der Waals surface area contributed by atoms with E-state index in [1.807, 2.05) is 48.4 Å². The molecule has 0 radical (unpaired) electrons. The summed E-state index contributed by atoms with van der Waals surface area (Å²) in [7, 11) is 1.80. The SMILES string of the molecule is Cc1cc(NC(=O)N2CCN(C(=O)Cc3c[nH]c4ccccc34)CC2)n(C)n1. The Morgan fingerprint density at radius 1 is 1.14 bits per heavy atom. The van der Waals surface area contributed by atoms with Crippen LogP contribution in [0.1, 0.15) is 11.3 Å². The molecule has 146 valence electrons. The molecular weight excluding hydrogens is 356 g/mol. The summed E-state index contributed by atoms with van der Waals surface area (Å²) in [4.78, 5) is 32.0. The van der Waals surface area contributed by atoms with E-state index in [0.717, 1.165) is 22.2 Å². The number of hydrogen-bond donors (Lipinski definition) is 2. The van der Waals surface area contributed by atoms with Crippen molar-refractivity contribution < 1.29 is 9.59 Å². The van der Waals surface area contributed by atoms with Gasteiger partial charge in [0.2, 0.25) is 5.91 Å². The maximum Gasteiger partial charge on any atom is 0.323 e. The number of aromatic amines is 1. The second-order valence-corrected chi connectivity index (χ2v) is 7.13. The zero-order valence-electron chi connectivity index (χ0n) is 16.1. The van der Waals surface area contributed by atoms with Gasteiger partial charge in [-0.1, -0.05) is 18.2 Å². The van der Waals surface area contributed by atoms with Gasteiger partial charge in [-0.3, -0.25) is 14.8 Å². The van der Waals surface area contributed by atoms with Crippen LogP contribution in [0.3, 0.4) is 0 Å². The number of hydrogen-bond acceptors (Lipinski definition) is 3. The molecule has 3 amide bonds. The Labute approximate surface area is 163 Å². The number of carbonyl (C=O) groups excluding carboxylic acids is 2. The van der Waals surface area contributed by atoms with E-state index in [0.29, 0.717) is 38.4 Å². The van der Waals surface area contributed by atoms with Crippen molar-refractivity contribution >= 4 is 28.7 Å². The third-order valence-electron chi connectivity index (χ3n) is 5.17. The van der Waals surface area contributed by atoms with Crippen LogP contribution >= 0.6 is 0 Å². The first kappa shape index (κ1) is 18.1. The van der Waals surface area contributed by atoms with E-state index >= 15 is 0 Å². The van der Waals surface area contributed by atoms with E-state index in [2.05, 4.69) is 15.4 Å². The maximum atomic E-state index is 12.7. The smallest absolute Gasteiger partial charge is 0.323 e. The van der Waals surface area contributed by atoms with E-state index < -0.39 is 0 Å². The molecule has 2 N–H and O–H groups in total. The molecule has 4 rings (SSSR count). The highest BCUT2D eigenvalue weighted by Crippen LogP contribution is 2.19. The van der Waals surface area contributed by atoms with Crippen LogP contribution in [0.5, 0.6) is 0 Å². The normalized spacial score (nSPS) is 14.5. The van der Waals surface area contributed by atoms with E-state index in [9.17, 15) is 9.59 Å². The molecule has 1 fully saturated rings. The molecule has 2 aromatic heterocycles. The van der Waals surface area contributed by atoms with Crippen LogP contribution in [0.4, 0.5) is 10.6 Å². The number of para-hydroxylation sites is 1. The van der Waals surface area contributed by atoms with Gasteiger partial charge in [-0.15, -0.1) is 0 Å². The fraction of sp³-hybridized carbons (Fsp3) is 0.350. The molecule has 8 nitrogen and oxygen atoms in total. The first-order chi connectivity index (χ1) is 13.5. The minimum Gasteiger partial charge on any atom is -0.361 e. The molecule has 1 saturated heterocycles. The molecule has 3 heterocycles. The van der Waals surface area contributed by atoms with Crippen molar-refractivity contribution in [1.82, 2.24) is 24.6 Å². The Morgan fingerprint density at radius 2 is 1.86 bits per heavy atom. The summed E-state index contributed by atoms with van der Waals surface area (Å²) in [5.74, 6) is 0.757. The number of nitrogens with zero attached hydrogens (tertiary/aromatic N) is 4. The molecular formula is C20H24N6O2. The standard InChI is InChI=1S/C20H24N6O2/c1-14-11-18(24(2)23-14)22-20(28)26-9-7-25(8-10-26)19(27)12-15-13-21-17-6-4-3-5-16(15)17/h3-6,11,13,21H,7-10,12H2,1-2H3,(H,22,28). The molecule has 1 aliphatic rings. The second-order valence-electron chi connectivity index (χ2n) is 7.13. The average Bonchev–Trinajstić information content (AvgIpc) is 3.24. The molecule has 0 bridgehead atoms. The highest BCUT2D eigenvalue weighted by molar-refractivity contribution is 5.90. The quantitative estimate of drug-likeness (QED) is 0.730. The van der Waals surface area contributed by atoms with Gasteiger partial charge in [0.25, 0.3) is 0 Å². The molecule has 0 atom stereocenters. The summed E-state index contributed by atoms with van der Waals surface area (Å²) in [6.45, 7) is 4.00. The van der Waals surface area contributed by atoms with Crippen molar-refractivity contribution in [2.45, 2.75) is 13.3 Å². The largest absolute Gasteiger partial charge is 0.361 e. The predicted octanol–water partition coefficient (Wildman–Crippen LogP) is 2.13. The van der Waals surface area contributed by atoms with Gasteiger partial charge >= 0.3 is 6.03 Å². The van der Waals surface area contributed by atoms with Gasteiger partial charge in [0.1, 0.15) is 5.82 Å². The highest BCUT2D eigenvalue weighted by atomic mass is 16.2. The predicted molar refractivity (Wildman–Crippen MR) is 107 cm³/mol. The average molecular weight is 380 g/mol. The van der Waals surface area contributed by atoms with E-state index in [1.54, 1.807) is 16.6 Å². The zero-order chi connectivity index (χ0) is 19.7. The fourth-order valence-corrected chi connectivity index (χ4v) is 3.63. The Morgan fingerprint density at radius 3 is 2.57 bits per heavy atom. The van der Waals surface area contributed by atoms with Crippen molar-refractivity contribution in [3.8, 4) is 0 Å². The number of carbonyl (C=O) groups is 2. The summed E-state index contributed by atoms with van der Waals surface area (Å²) in [6.07, 6.45) is 2.27. The Bertz CT molecular complexity index is 1010. The lowest BCUT2D eigenvalue weighted by Crippen LogP contribution is -2.52. The number of aryl methyl sites for hydroxylation is 2. The van der Waals surface area contributed by atoms with Crippen LogP contribution in [0.15, 0.2) is 36.5 Å². The third-order valence-corrected chi connectivity index (χ3v) is 5.17. The van der Waals surface area contributed by atoms with Crippen molar-refractivity contribution in [3.63, 3.8) is 0 Å². The van der Waals surface area contributed by atoms with Crippen LogP contribution in [-0.4, -0.2) is 62.7 Å². The molecule has 28 heavy (non-hydrogen) atoms. The highest BCUT2D eigenvalue weighted by Gasteiger charge is 2.25. The number of nitrogens with one attached hydrogen (secondary N) is 2. The zero-order valence-corrected chi connectivity index (χ0v) is 16.1. The number of fused-ring (bicyclic) bond motifs is 1. The van der Waals surface area contributed by atoms with Gasteiger partial charge in [0.05, 0.1) is 12.1 Å². The summed E-state index contributed by atoms with van der Waals surface area (Å²) in [5, 5.41) is 8.19. The number of urea groups is 1. The number of piperazine rings is 1. The summed E-state index contributed by atoms with van der Waals surface area (Å²) >= 11 is 0. The van der Waals surface area contributed by atoms with Crippen LogP contribution in [0, 0.1) is 6.92 Å². The number of aromatic nitrogens is 3. The number of H-pyrrole nitrogens is 1. The summed E-state index contributed by atoms with van der Waals surface area (Å²) in [6, 6.07) is 9.65. The molecule has 0 saturated carbocycles. The Balaban J connectivity index is 1.32. The van der Waals surface area contributed by atoms with Gasteiger partial charge in [0, 0.05) is 56.4 Å². The topological polar surface area (TPSA) is 86.3 Å². The van der Waals surface area contributed by atoms with Crippen LogP contribution in [0.2, 0.25) is 0 Å². The van der Waals surface area contributed by atoms with Gasteiger partial charge in [0.15, 0.2) is 0 Å². The minimum atomic E-state index is -0.160. The summed E-state index contributed by atoms with van der Waals surface area (Å²) < 4.78 is 1.65. The van der Waals surface area contributed by atoms with E-state index in [-0.39, 0.29) is 11.9 Å².